The van der Waals surface area contributed by atoms with Crippen LogP contribution in [-0.4, -0.2) is 30.3 Å². The van der Waals surface area contributed by atoms with Crippen molar-refractivity contribution in [3.8, 4) is 0 Å². The van der Waals surface area contributed by atoms with Crippen LogP contribution in [0.15, 0.2) is 37.1 Å². The Morgan fingerprint density at radius 3 is 2.35 bits per heavy atom. The molecule has 1 fully saturated rings. The van der Waals surface area contributed by atoms with Gasteiger partial charge in [0.25, 0.3) is 0 Å². The van der Waals surface area contributed by atoms with Gasteiger partial charge in [0.2, 0.25) is 0 Å². The van der Waals surface area contributed by atoms with Crippen molar-refractivity contribution in [2.75, 3.05) is 13.2 Å². The van der Waals surface area contributed by atoms with E-state index in [9.17, 15) is 9.59 Å². The van der Waals surface area contributed by atoms with Crippen LogP contribution in [0.25, 0.3) is 0 Å². The molecule has 1 aliphatic carbocycles. The highest BCUT2D eigenvalue weighted by Gasteiger charge is 2.23. The van der Waals surface area contributed by atoms with E-state index in [1.54, 1.807) is 12.1 Å². The van der Waals surface area contributed by atoms with Crippen LogP contribution in [0.1, 0.15) is 46.4 Å². The van der Waals surface area contributed by atoms with Gasteiger partial charge in [-0.3, -0.25) is 0 Å². The van der Waals surface area contributed by atoms with E-state index >= 15 is 0 Å². The summed E-state index contributed by atoms with van der Waals surface area (Å²) in [5.41, 5.74) is 0.361. The van der Waals surface area contributed by atoms with Gasteiger partial charge in [0.15, 0.2) is 0 Å². The Kier molecular flexibility index (Phi) is 6.20. The van der Waals surface area contributed by atoms with Crippen molar-refractivity contribution in [1.29, 1.82) is 0 Å². The normalized spacial score (nSPS) is 20.5. The highest BCUT2D eigenvalue weighted by Crippen LogP contribution is 2.29. The summed E-state index contributed by atoms with van der Waals surface area (Å²) >= 11 is 0. The first-order chi connectivity index (χ1) is 11.1. The van der Waals surface area contributed by atoms with Gasteiger partial charge in [-0.15, -0.1) is 0 Å². The van der Waals surface area contributed by atoms with Gasteiger partial charge in [0.1, 0.15) is 0 Å². The lowest BCUT2D eigenvalue weighted by atomic mass is 9.83. The quantitative estimate of drug-likeness (QED) is 0.615. The fraction of sp³-hybridized carbons (Fsp3) is 0.444. The summed E-state index contributed by atoms with van der Waals surface area (Å²) in [6, 6.07) is 5.91. The zero-order valence-corrected chi connectivity index (χ0v) is 13.1. The van der Waals surface area contributed by atoms with E-state index in [1.165, 1.54) is 18.4 Å². The largest absolute Gasteiger partial charge is 0.502 e. The summed E-state index contributed by atoms with van der Waals surface area (Å²) in [6.07, 6.45) is 5.61. The van der Waals surface area contributed by atoms with E-state index in [0.717, 1.165) is 25.7 Å². The number of aromatic carboxylic acids is 1. The van der Waals surface area contributed by atoms with Crippen LogP contribution in [0.4, 0.5) is 0 Å². The fourth-order valence-electron chi connectivity index (χ4n) is 2.83. The number of carboxylic acids is 1. The molecule has 0 unspecified atom stereocenters. The lowest BCUT2D eigenvalue weighted by Crippen LogP contribution is -2.22. The number of hydrogen-bond acceptors (Lipinski definition) is 4. The molecule has 0 aromatic heterocycles. The number of carbonyl (C=O) groups excluding carboxylic acids is 1. The molecule has 5 heteroatoms. The molecule has 0 spiro atoms. The maximum Gasteiger partial charge on any atom is 0.338 e. The number of carboxylic acid groups (broad SMARTS) is 1. The molecule has 1 aromatic rings. The highest BCUT2D eigenvalue weighted by atomic mass is 16.5. The van der Waals surface area contributed by atoms with Gasteiger partial charge in [0, 0.05) is 0 Å². The molecule has 1 aromatic carbocycles. The van der Waals surface area contributed by atoms with Crippen molar-refractivity contribution in [3.63, 3.8) is 0 Å². The Bertz CT molecular complexity index is 558. The lowest BCUT2D eigenvalue weighted by molar-refractivity contribution is 0.0377. The van der Waals surface area contributed by atoms with E-state index in [0.29, 0.717) is 25.0 Å². The van der Waals surface area contributed by atoms with Gasteiger partial charge >= 0.3 is 11.9 Å². The molecule has 0 radical (unpaired) electrons. The highest BCUT2D eigenvalue weighted by molar-refractivity contribution is 5.94. The van der Waals surface area contributed by atoms with Crippen molar-refractivity contribution < 1.29 is 24.2 Å². The summed E-state index contributed by atoms with van der Waals surface area (Å²) in [5, 5.41) is 8.94. The lowest BCUT2D eigenvalue weighted by Gasteiger charge is -2.27. The van der Waals surface area contributed by atoms with Crippen LogP contribution in [0, 0.1) is 11.8 Å². The zero-order chi connectivity index (χ0) is 16.7. The Labute approximate surface area is 135 Å². The number of carbonyl (C=O) groups is 2. The molecule has 0 aliphatic heterocycles. The molecule has 2 rings (SSSR count). The van der Waals surface area contributed by atoms with E-state index in [4.69, 9.17) is 14.6 Å². The third-order valence-electron chi connectivity index (χ3n) is 4.21. The standard InChI is InChI=1S/C18H22O5/c1-2-22-11-13-6-8-14(9-7-13)12-23-18(21)16-5-3-4-15(10-16)17(19)20/h2-5,10,13-14H,1,6-9,11-12H2,(H,19,20). The van der Waals surface area contributed by atoms with E-state index < -0.39 is 11.9 Å². The second-order valence-electron chi connectivity index (χ2n) is 5.87. The summed E-state index contributed by atoms with van der Waals surface area (Å²) in [6.45, 7) is 4.62. The average molecular weight is 318 g/mol. The predicted molar refractivity (Wildman–Crippen MR) is 85.3 cm³/mol. The van der Waals surface area contributed by atoms with E-state index in [-0.39, 0.29) is 11.1 Å². The molecule has 0 heterocycles. The molecule has 124 valence electrons. The minimum atomic E-state index is -1.06. The van der Waals surface area contributed by atoms with Crippen LogP contribution in [-0.2, 0) is 9.47 Å². The molecule has 0 amide bonds. The molecule has 5 nitrogen and oxygen atoms in total. The minimum Gasteiger partial charge on any atom is -0.502 e. The Hall–Kier alpha value is -2.30. The van der Waals surface area contributed by atoms with Crippen LogP contribution >= 0.6 is 0 Å². The smallest absolute Gasteiger partial charge is 0.338 e. The molecule has 0 saturated heterocycles. The van der Waals surface area contributed by atoms with Gasteiger partial charge in [-0.05, 0) is 55.7 Å². The first kappa shape index (κ1) is 17.1. The van der Waals surface area contributed by atoms with E-state index in [2.05, 4.69) is 6.58 Å². The Morgan fingerprint density at radius 2 is 1.74 bits per heavy atom. The zero-order valence-electron chi connectivity index (χ0n) is 13.1. The van der Waals surface area contributed by atoms with Crippen LogP contribution in [0.5, 0.6) is 0 Å². The second-order valence-corrected chi connectivity index (χ2v) is 5.87. The molecule has 0 atom stereocenters. The number of rotatable bonds is 7. The van der Waals surface area contributed by atoms with Crippen molar-refractivity contribution in [3.05, 3.63) is 48.2 Å². The van der Waals surface area contributed by atoms with Gasteiger partial charge < -0.3 is 14.6 Å². The van der Waals surface area contributed by atoms with Crippen molar-refractivity contribution in [2.45, 2.75) is 25.7 Å². The fourth-order valence-corrected chi connectivity index (χ4v) is 2.83. The monoisotopic (exact) mass is 318 g/mol. The second kappa shape index (κ2) is 8.36. The third-order valence-corrected chi connectivity index (χ3v) is 4.21. The number of hydrogen-bond donors (Lipinski definition) is 1. The molecule has 1 saturated carbocycles. The molecule has 1 N–H and O–H groups in total. The summed E-state index contributed by atoms with van der Waals surface area (Å²) in [5.74, 6) is -0.612. The molecular formula is C18H22O5. The summed E-state index contributed by atoms with van der Waals surface area (Å²) in [7, 11) is 0. The molecular weight excluding hydrogens is 296 g/mol. The SMILES string of the molecule is C=COCC1CCC(COC(=O)c2cccc(C(=O)O)c2)CC1. The van der Waals surface area contributed by atoms with Crippen LogP contribution in [0.3, 0.4) is 0 Å². The Morgan fingerprint density at radius 1 is 1.13 bits per heavy atom. The minimum absolute atomic E-state index is 0.0853. The first-order valence-electron chi connectivity index (χ1n) is 7.83. The van der Waals surface area contributed by atoms with Crippen molar-refractivity contribution in [1.82, 2.24) is 0 Å². The van der Waals surface area contributed by atoms with Crippen LogP contribution in [0.2, 0.25) is 0 Å². The van der Waals surface area contributed by atoms with Crippen molar-refractivity contribution in [2.24, 2.45) is 11.8 Å². The predicted octanol–water partition coefficient (Wildman–Crippen LogP) is 3.51. The molecule has 23 heavy (non-hydrogen) atoms. The molecule has 1 aliphatic rings. The van der Waals surface area contributed by atoms with Gasteiger partial charge in [-0.1, -0.05) is 12.6 Å². The maximum absolute atomic E-state index is 12.0. The Balaban J connectivity index is 1.78. The van der Waals surface area contributed by atoms with Gasteiger partial charge in [-0.25, -0.2) is 9.59 Å². The van der Waals surface area contributed by atoms with Gasteiger partial charge in [0.05, 0.1) is 30.6 Å². The number of benzene rings is 1. The number of ether oxygens (including phenoxy) is 2. The topological polar surface area (TPSA) is 72.8 Å². The number of esters is 1. The van der Waals surface area contributed by atoms with Crippen LogP contribution < -0.4 is 0 Å². The maximum atomic E-state index is 12.0. The first-order valence-corrected chi connectivity index (χ1v) is 7.83. The third kappa shape index (κ3) is 5.13. The summed E-state index contributed by atoms with van der Waals surface area (Å²) < 4.78 is 10.6. The molecule has 0 bridgehead atoms. The van der Waals surface area contributed by atoms with Gasteiger partial charge in [-0.2, -0.15) is 0 Å². The average Bonchev–Trinajstić information content (AvgIpc) is 2.58. The van der Waals surface area contributed by atoms with E-state index in [1.807, 2.05) is 0 Å². The van der Waals surface area contributed by atoms with Crippen molar-refractivity contribution >= 4 is 11.9 Å². The summed E-state index contributed by atoms with van der Waals surface area (Å²) in [4.78, 5) is 22.9.